The van der Waals surface area contributed by atoms with Gasteiger partial charge in [-0.3, -0.25) is 0 Å². The second-order valence-corrected chi connectivity index (χ2v) is 17.6. The van der Waals surface area contributed by atoms with E-state index in [9.17, 15) is 0 Å². The van der Waals surface area contributed by atoms with E-state index < -0.39 is 0 Å². The number of hydrogen-bond acceptors (Lipinski definition) is 2. The van der Waals surface area contributed by atoms with Crippen molar-refractivity contribution < 1.29 is 0 Å². The van der Waals surface area contributed by atoms with Gasteiger partial charge in [-0.05, 0) is 118 Å². The van der Waals surface area contributed by atoms with Crippen molar-refractivity contribution in [3.05, 3.63) is 231 Å². The van der Waals surface area contributed by atoms with Gasteiger partial charge < -0.3 is 18.9 Å². The highest BCUT2D eigenvalue weighted by atomic mass is 15.3. The molecule has 0 radical (unpaired) electrons. The van der Waals surface area contributed by atoms with Crippen LogP contribution in [-0.2, 0) is 0 Å². The Bertz CT molecular complexity index is 3840. The molecule has 0 bridgehead atoms. The van der Waals surface area contributed by atoms with Gasteiger partial charge in [-0.25, -0.2) is 0 Å². The molecule has 1 aliphatic carbocycles. The third-order valence-electron chi connectivity index (χ3n) is 14.2. The summed E-state index contributed by atoms with van der Waals surface area (Å²) in [5, 5.41) is 4.98. The summed E-state index contributed by atoms with van der Waals surface area (Å²) in [6.45, 7) is 1.73. The van der Waals surface area contributed by atoms with E-state index in [1.807, 2.05) is 0 Å². The molecule has 0 fully saturated rings. The maximum absolute atomic E-state index is 2.52. The Kier molecular flexibility index (Phi) is 8.07. The minimum atomic E-state index is 0.863. The number of nitrogens with zero attached hydrogens (tertiary/aromatic N) is 4. The van der Waals surface area contributed by atoms with Crippen molar-refractivity contribution in [1.29, 1.82) is 0 Å². The first kappa shape index (κ1) is 36.8. The molecule has 0 saturated carbocycles. The molecule has 3 heterocycles. The molecule has 0 atom stereocenters. The van der Waals surface area contributed by atoms with Crippen LogP contribution in [0.2, 0.25) is 0 Å². The number of para-hydroxylation sites is 5. The number of fused-ring (bicyclic) bond motifs is 15. The molecule has 0 amide bonds. The average molecular weight is 843 g/mol. The Morgan fingerprint density at radius 1 is 0.242 bits per heavy atom. The lowest BCUT2D eigenvalue weighted by atomic mass is 9.79. The number of hydrogen-bond donors (Lipinski definition) is 0. The lowest BCUT2D eigenvalue weighted by Gasteiger charge is -2.40. The SMILES string of the molecule is c1ccc(N2CCN(c3ccccc3)c3cc4c(cc32)-c2ccccc2-c2cccc(-n3c5ccccc5c5cc(-n6c7ccccc7c7ccccc76)ccc53)c2-c2ccccc2-4)cc1. The van der Waals surface area contributed by atoms with Gasteiger partial charge in [0.25, 0.3) is 0 Å². The van der Waals surface area contributed by atoms with Gasteiger partial charge in [0.15, 0.2) is 0 Å². The summed E-state index contributed by atoms with van der Waals surface area (Å²) in [7, 11) is 0. The molecule has 66 heavy (non-hydrogen) atoms. The summed E-state index contributed by atoms with van der Waals surface area (Å²) in [5.41, 5.74) is 21.7. The van der Waals surface area contributed by atoms with Crippen LogP contribution in [-0.4, -0.2) is 22.2 Å². The third-order valence-corrected chi connectivity index (χ3v) is 14.2. The zero-order valence-corrected chi connectivity index (χ0v) is 36.1. The van der Waals surface area contributed by atoms with Crippen molar-refractivity contribution in [2.45, 2.75) is 0 Å². The van der Waals surface area contributed by atoms with E-state index in [2.05, 4.69) is 249 Å². The van der Waals surface area contributed by atoms with Crippen LogP contribution in [0, 0.1) is 0 Å². The van der Waals surface area contributed by atoms with Gasteiger partial charge in [-0.1, -0.05) is 152 Å². The van der Waals surface area contributed by atoms with Gasteiger partial charge in [-0.15, -0.1) is 0 Å². The third kappa shape index (κ3) is 5.39. The molecule has 12 aromatic rings. The van der Waals surface area contributed by atoms with Crippen molar-refractivity contribution in [1.82, 2.24) is 9.13 Å². The molecule has 0 saturated heterocycles. The van der Waals surface area contributed by atoms with E-state index in [4.69, 9.17) is 0 Å². The zero-order chi connectivity index (χ0) is 43.3. The van der Waals surface area contributed by atoms with Gasteiger partial charge in [0, 0.05) is 57.3 Å². The van der Waals surface area contributed by atoms with Crippen LogP contribution in [0.4, 0.5) is 22.7 Å². The Morgan fingerprint density at radius 3 is 1.24 bits per heavy atom. The van der Waals surface area contributed by atoms with Crippen LogP contribution in [0.15, 0.2) is 231 Å². The smallest absolute Gasteiger partial charge is 0.0659 e. The van der Waals surface area contributed by atoms with Gasteiger partial charge in [-0.2, -0.15) is 0 Å². The van der Waals surface area contributed by atoms with E-state index >= 15 is 0 Å². The zero-order valence-electron chi connectivity index (χ0n) is 36.1. The van der Waals surface area contributed by atoms with Gasteiger partial charge >= 0.3 is 0 Å². The molecule has 2 aromatic heterocycles. The summed E-state index contributed by atoms with van der Waals surface area (Å²) in [6.07, 6.45) is 0. The summed E-state index contributed by atoms with van der Waals surface area (Å²) >= 11 is 0. The number of aromatic nitrogens is 2. The fraction of sp³-hybridized carbons (Fsp3) is 0.0323. The van der Waals surface area contributed by atoms with E-state index in [1.54, 1.807) is 0 Å². The van der Waals surface area contributed by atoms with Crippen molar-refractivity contribution in [3.8, 4) is 55.9 Å². The second-order valence-electron chi connectivity index (χ2n) is 17.6. The van der Waals surface area contributed by atoms with Crippen molar-refractivity contribution in [3.63, 3.8) is 0 Å². The molecular weight excluding hydrogens is 801 g/mol. The first-order valence-corrected chi connectivity index (χ1v) is 23.0. The second kappa shape index (κ2) is 14.5. The van der Waals surface area contributed by atoms with Crippen molar-refractivity contribution in [2.24, 2.45) is 0 Å². The molecular formula is C62H42N4. The normalized spacial score (nSPS) is 13.0. The van der Waals surface area contributed by atoms with Crippen LogP contribution in [0.25, 0.3) is 99.5 Å². The summed E-state index contributed by atoms with van der Waals surface area (Å²) < 4.78 is 4.94. The first-order chi connectivity index (χ1) is 32.8. The summed E-state index contributed by atoms with van der Waals surface area (Å²) in [4.78, 5) is 5.01. The lowest BCUT2D eigenvalue weighted by Crippen LogP contribution is -2.36. The summed E-state index contributed by atoms with van der Waals surface area (Å²) in [5.74, 6) is 0. The predicted octanol–water partition coefficient (Wildman–Crippen LogP) is 16.2. The Hall–Kier alpha value is -8.60. The molecule has 0 unspecified atom stereocenters. The van der Waals surface area contributed by atoms with Crippen LogP contribution < -0.4 is 9.80 Å². The highest BCUT2D eigenvalue weighted by Crippen LogP contribution is 2.54. The fourth-order valence-electron chi connectivity index (χ4n) is 11.3. The quantitative estimate of drug-likeness (QED) is 0.175. The highest BCUT2D eigenvalue weighted by Gasteiger charge is 2.31. The fourth-order valence-corrected chi connectivity index (χ4v) is 11.3. The number of benzene rings is 10. The number of rotatable bonds is 4. The molecule has 4 nitrogen and oxygen atoms in total. The highest BCUT2D eigenvalue weighted by molar-refractivity contribution is 6.14. The van der Waals surface area contributed by atoms with Crippen LogP contribution in [0.3, 0.4) is 0 Å². The minimum absolute atomic E-state index is 0.863. The standard InChI is InChI=1S/C62H42N4/c1-3-18-41(19-4-1)63-36-37-64(42-20-5-2-6-21-42)61-40-53-46-24-9-10-28-50(46)62-51(44-22-7-8-23-45(44)52(53)39-60(61)63)29-17-33-59(62)66-57-32-16-13-27-49(57)54-38-43(34-35-58(54)66)65-55-30-14-11-25-47(55)48-26-12-15-31-56(48)65/h1-35,38-40H,36-37H2. The Morgan fingerprint density at radius 2 is 0.667 bits per heavy atom. The predicted molar refractivity (Wildman–Crippen MR) is 277 cm³/mol. The maximum Gasteiger partial charge on any atom is 0.0659 e. The van der Waals surface area contributed by atoms with Crippen molar-refractivity contribution >= 4 is 66.4 Å². The Balaban J connectivity index is 1.03. The largest absolute Gasteiger partial charge is 0.338 e. The molecule has 0 N–H and O–H groups in total. The monoisotopic (exact) mass is 842 g/mol. The average Bonchev–Trinajstić information content (AvgIpc) is 3.90. The molecule has 1 aliphatic heterocycles. The lowest BCUT2D eigenvalue weighted by molar-refractivity contribution is 0.850. The maximum atomic E-state index is 2.52. The van der Waals surface area contributed by atoms with Crippen LogP contribution >= 0.6 is 0 Å². The topological polar surface area (TPSA) is 16.3 Å². The van der Waals surface area contributed by atoms with Crippen LogP contribution in [0.1, 0.15) is 0 Å². The van der Waals surface area contributed by atoms with E-state index in [-0.39, 0.29) is 0 Å². The minimum Gasteiger partial charge on any atom is -0.338 e. The first-order valence-electron chi connectivity index (χ1n) is 23.0. The molecule has 310 valence electrons. The van der Waals surface area contributed by atoms with Crippen molar-refractivity contribution in [2.75, 3.05) is 22.9 Å². The van der Waals surface area contributed by atoms with Gasteiger partial charge in [0.1, 0.15) is 0 Å². The van der Waals surface area contributed by atoms with Gasteiger partial charge in [0.2, 0.25) is 0 Å². The molecule has 2 aliphatic rings. The van der Waals surface area contributed by atoms with E-state index in [0.717, 1.165) is 24.5 Å². The van der Waals surface area contributed by atoms with E-state index in [0.29, 0.717) is 0 Å². The van der Waals surface area contributed by atoms with Crippen LogP contribution in [0.5, 0.6) is 0 Å². The molecule has 0 spiro atoms. The van der Waals surface area contributed by atoms with E-state index in [1.165, 1.54) is 111 Å². The molecule has 14 rings (SSSR count). The Labute approximate surface area is 383 Å². The summed E-state index contributed by atoms with van der Waals surface area (Å²) in [6, 6.07) is 85.3. The molecule has 4 heteroatoms. The van der Waals surface area contributed by atoms with Gasteiger partial charge in [0.05, 0.1) is 39.1 Å². The molecule has 10 aromatic carbocycles. The number of anilines is 4.